The molecule has 1 atom stereocenters. The number of rotatable bonds is 6. The number of hydrogen-bond acceptors (Lipinski definition) is 3. The molecule has 0 bridgehead atoms. The zero-order valence-corrected chi connectivity index (χ0v) is 15.3. The Hall–Kier alpha value is -2.40. The molecule has 0 radical (unpaired) electrons. The number of ether oxygens (including phenoxy) is 1. The SMILES string of the molecule is COc1ccccc1CNC(=O)CCN1CCc2ccc(F)cc2C1C. The first-order valence-electron chi connectivity index (χ1n) is 8.99. The van der Waals surface area contributed by atoms with Crippen molar-refractivity contribution >= 4 is 5.91 Å². The first kappa shape index (κ1) is 18.4. The summed E-state index contributed by atoms with van der Waals surface area (Å²) < 4.78 is 18.8. The molecule has 0 saturated carbocycles. The number of hydrogen-bond donors (Lipinski definition) is 1. The van der Waals surface area contributed by atoms with E-state index in [1.54, 1.807) is 13.2 Å². The van der Waals surface area contributed by atoms with Crippen LogP contribution in [0.2, 0.25) is 0 Å². The van der Waals surface area contributed by atoms with E-state index in [-0.39, 0.29) is 17.8 Å². The average Bonchev–Trinajstić information content (AvgIpc) is 2.66. The van der Waals surface area contributed by atoms with Crippen molar-refractivity contribution < 1.29 is 13.9 Å². The second-order valence-electron chi connectivity index (χ2n) is 6.64. The molecule has 1 unspecified atom stereocenters. The molecule has 0 spiro atoms. The lowest BCUT2D eigenvalue weighted by molar-refractivity contribution is -0.121. The molecule has 0 aliphatic carbocycles. The van der Waals surface area contributed by atoms with Crippen molar-refractivity contribution in [1.82, 2.24) is 10.2 Å². The zero-order chi connectivity index (χ0) is 18.5. The number of nitrogens with one attached hydrogen (secondary N) is 1. The molecule has 1 aliphatic rings. The Kier molecular flexibility index (Phi) is 5.89. The fraction of sp³-hybridized carbons (Fsp3) is 0.381. The van der Waals surface area contributed by atoms with E-state index >= 15 is 0 Å². The summed E-state index contributed by atoms with van der Waals surface area (Å²) in [6, 6.07) is 12.8. The second kappa shape index (κ2) is 8.32. The van der Waals surface area contributed by atoms with Crippen LogP contribution >= 0.6 is 0 Å². The first-order chi connectivity index (χ1) is 12.6. The highest BCUT2D eigenvalue weighted by atomic mass is 19.1. The van der Waals surface area contributed by atoms with Crippen LogP contribution in [-0.4, -0.2) is 31.0 Å². The van der Waals surface area contributed by atoms with Gasteiger partial charge in [0.15, 0.2) is 0 Å². The maximum atomic E-state index is 13.5. The Morgan fingerprint density at radius 2 is 2.12 bits per heavy atom. The van der Waals surface area contributed by atoms with Gasteiger partial charge < -0.3 is 10.1 Å². The number of para-hydroxylation sites is 1. The van der Waals surface area contributed by atoms with Crippen molar-refractivity contribution in [2.75, 3.05) is 20.2 Å². The number of fused-ring (bicyclic) bond motifs is 1. The Morgan fingerprint density at radius 1 is 1.31 bits per heavy atom. The van der Waals surface area contributed by atoms with Gasteiger partial charge in [-0.05, 0) is 42.7 Å². The maximum Gasteiger partial charge on any atom is 0.221 e. The van der Waals surface area contributed by atoms with Crippen LogP contribution in [0.25, 0.3) is 0 Å². The second-order valence-corrected chi connectivity index (χ2v) is 6.64. The van der Waals surface area contributed by atoms with E-state index in [9.17, 15) is 9.18 Å². The number of carbonyl (C=O) groups excluding carboxylic acids is 1. The van der Waals surface area contributed by atoms with Gasteiger partial charge in [0, 0.05) is 37.7 Å². The predicted molar refractivity (Wildman–Crippen MR) is 99.5 cm³/mol. The molecule has 1 aliphatic heterocycles. The van der Waals surface area contributed by atoms with Gasteiger partial charge in [0.25, 0.3) is 0 Å². The van der Waals surface area contributed by atoms with Crippen molar-refractivity contribution in [1.29, 1.82) is 0 Å². The maximum absolute atomic E-state index is 13.5. The molecule has 0 aromatic heterocycles. The van der Waals surface area contributed by atoms with E-state index in [4.69, 9.17) is 4.74 Å². The highest BCUT2D eigenvalue weighted by molar-refractivity contribution is 5.76. The molecule has 138 valence electrons. The number of carbonyl (C=O) groups is 1. The largest absolute Gasteiger partial charge is 0.496 e. The number of nitrogens with zero attached hydrogens (tertiary/aromatic N) is 1. The zero-order valence-electron chi connectivity index (χ0n) is 15.3. The highest BCUT2D eigenvalue weighted by Crippen LogP contribution is 2.29. The quantitative estimate of drug-likeness (QED) is 0.862. The van der Waals surface area contributed by atoms with Gasteiger partial charge in [0.2, 0.25) is 5.91 Å². The Balaban J connectivity index is 1.52. The van der Waals surface area contributed by atoms with Gasteiger partial charge >= 0.3 is 0 Å². The van der Waals surface area contributed by atoms with E-state index in [2.05, 4.69) is 17.1 Å². The lowest BCUT2D eigenvalue weighted by atomic mass is 9.93. The molecule has 1 amide bonds. The average molecular weight is 356 g/mol. The number of benzene rings is 2. The molecule has 0 saturated heterocycles. The lowest BCUT2D eigenvalue weighted by Gasteiger charge is -2.35. The normalized spacial score (nSPS) is 16.8. The smallest absolute Gasteiger partial charge is 0.221 e. The summed E-state index contributed by atoms with van der Waals surface area (Å²) in [5, 5.41) is 2.95. The van der Waals surface area contributed by atoms with E-state index < -0.39 is 0 Å². The fourth-order valence-electron chi connectivity index (χ4n) is 3.52. The van der Waals surface area contributed by atoms with Crippen LogP contribution in [0.4, 0.5) is 4.39 Å². The van der Waals surface area contributed by atoms with Gasteiger partial charge in [-0.15, -0.1) is 0 Å². The Bertz CT molecular complexity index is 778. The van der Waals surface area contributed by atoms with Crippen molar-refractivity contribution in [3.8, 4) is 5.75 Å². The number of amides is 1. The molecule has 1 N–H and O–H groups in total. The van der Waals surface area contributed by atoms with Crippen LogP contribution in [0.1, 0.15) is 36.1 Å². The van der Waals surface area contributed by atoms with Crippen LogP contribution in [-0.2, 0) is 17.8 Å². The standard InChI is InChI=1S/C21H25FN2O2/c1-15-19-13-18(22)8-7-16(19)9-11-24(15)12-10-21(25)23-14-17-5-3-4-6-20(17)26-2/h3-8,13,15H,9-12,14H2,1-2H3,(H,23,25). The molecular formula is C21H25FN2O2. The minimum atomic E-state index is -0.202. The van der Waals surface area contributed by atoms with Gasteiger partial charge in [0.1, 0.15) is 11.6 Å². The summed E-state index contributed by atoms with van der Waals surface area (Å²) in [6.07, 6.45) is 1.31. The summed E-state index contributed by atoms with van der Waals surface area (Å²) in [7, 11) is 1.62. The minimum absolute atomic E-state index is 0.00754. The van der Waals surface area contributed by atoms with Gasteiger partial charge in [-0.25, -0.2) is 4.39 Å². The monoisotopic (exact) mass is 356 g/mol. The fourth-order valence-corrected chi connectivity index (χ4v) is 3.52. The molecule has 2 aromatic rings. The van der Waals surface area contributed by atoms with Gasteiger partial charge in [-0.3, -0.25) is 9.69 Å². The van der Waals surface area contributed by atoms with Crippen molar-refractivity contribution in [3.05, 3.63) is 65.0 Å². The predicted octanol–water partition coefficient (Wildman–Crippen LogP) is 3.46. The third-order valence-electron chi connectivity index (χ3n) is 5.07. The molecule has 4 nitrogen and oxygen atoms in total. The molecular weight excluding hydrogens is 331 g/mol. The summed E-state index contributed by atoms with van der Waals surface area (Å²) in [4.78, 5) is 14.5. The first-order valence-corrected chi connectivity index (χ1v) is 8.99. The topological polar surface area (TPSA) is 41.6 Å². The highest BCUT2D eigenvalue weighted by Gasteiger charge is 2.24. The lowest BCUT2D eigenvalue weighted by Crippen LogP contribution is -2.37. The number of methoxy groups -OCH3 is 1. The van der Waals surface area contributed by atoms with Gasteiger partial charge in [-0.2, -0.15) is 0 Å². The molecule has 3 rings (SSSR count). The Labute approximate surface area is 154 Å². The number of halogens is 1. The molecule has 0 fully saturated rings. The summed E-state index contributed by atoms with van der Waals surface area (Å²) >= 11 is 0. The van der Waals surface area contributed by atoms with E-state index in [1.807, 2.05) is 30.3 Å². The molecule has 2 aromatic carbocycles. The summed E-state index contributed by atoms with van der Waals surface area (Å²) in [6.45, 7) is 4.07. The van der Waals surface area contributed by atoms with Crippen LogP contribution in [0.5, 0.6) is 5.75 Å². The van der Waals surface area contributed by atoms with Crippen LogP contribution in [0.15, 0.2) is 42.5 Å². The van der Waals surface area contributed by atoms with Gasteiger partial charge in [0.05, 0.1) is 7.11 Å². The summed E-state index contributed by atoms with van der Waals surface area (Å²) in [5.41, 5.74) is 3.19. The van der Waals surface area contributed by atoms with Gasteiger partial charge in [-0.1, -0.05) is 24.3 Å². The van der Waals surface area contributed by atoms with Crippen molar-refractivity contribution in [2.45, 2.75) is 32.4 Å². The third kappa shape index (κ3) is 4.22. The van der Waals surface area contributed by atoms with Crippen LogP contribution < -0.4 is 10.1 Å². The minimum Gasteiger partial charge on any atom is -0.496 e. The van der Waals surface area contributed by atoms with E-state index in [0.717, 1.165) is 29.8 Å². The van der Waals surface area contributed by atoms with Crippen molar-refractivity contribution in [3.63, 3.8) is 0 Å². The van der Waals surface area contributed by atoms with E-state index in [0.29, 0.717) is 19.5 Å². The molecule has 1 heterocycles. The van der Waals surface area contributed by atoms with Crippen LogP contribution in [0, 0.1) is 5.82 Å². The van der Waals surface area contributed by atoms with Crippen molar-refractivity contribution in [2.24, 2.45) is 0 Å². The molecule has 26 heavy (non-hydrogen) atoms. The molecule has 5 heteroatoms. The Morgan fingerprint density at radius 3 is 2.92 bits per heavy atom. The summed E-state index contributed by atoms with van der Waals surface area (Å²) in [5.74, 6) is 0.580. The van der Waals surface area contributed by atoms with E-state index in [1.165, 1.54) is 11.6 Å². The van der Waals surface area contributed by atoms with Crippen LogP contribution in [0.3, 0.4) is 0 Å². The third-order valence-corrected chi connectivity index (χ3v) is 5.07.